The Kier molecular flexibility index (Phi) is 3.31. The molecular weight excluding hydrogens is 206 g/mol. The normalized spacial score (nSPS) is 16.2. The van der Waals surface area contributed by atoms with Crippen LogP contribution in [-0.4, -0.2) is 25.4 Å². The highest BCUT2D eigenvalue weighted by Gasteiger charge is 2.22. The summed E-state index contributed by atoms with van der Waals surface area (Å²) in [5.74, 6) is 1.59. The molecule has 1 atom stereocenters. The van der Waals surface area contributed by atoms with Gasteiger partial charge in [0.05, 0.1) is 26.4 Å². The van der Waals surface area contributed by atoms with Gasteiger partial charge in [0.1, 0.15) is 11.5 Å². The molecule has 3 N–H and O–H groups in total. The van der Waals surface area contributed by atoms with Gasteiger partial charge in [0.15, 0.2) is 0 Å². The van der Waals surface area contributed by atoms with E-state index < -0.39 is 6.04 Å². The Labute approximate surface area is 95.0 Å². The van der Waals surface area contributed by atoms with Crippen LogP contribution < -0.4 is 15.2 Å². The molecule has 0 aliphatic carbocycles. The second-order valence-electron chi connectivity index (χ2n) is 3.90. The van der Waals surface area contributed by atoms with Gasteiger partial charge in [-0.25, -0.2) is 0 Å². The molecule has 1 unspecified atom stereocenters. The summed E-state index contributed by atoms with van der Waals surface area (Å²) >= 11 is 0. The van der Waals surface area contributed by atoms with E-state index in [1.807, 2.05) is 12.1 Å². The average molecular weight is 223 g/mol. The monoisotopic (exact) mass is 223 g/mol. The lowest BCUT2D eigenvalue weighted by Gasteiger charge is -2.24. The topological polar surface area (TPSA) is 64.7 Å². The van der Waals surface area contributed by atoms with E-state index in [9.17, 15) is 5.11 Å². The highest BCUT2D eigenvalue weighted by Crippen LogP contribution is 2.36. The van der Waals surface area contributed by atoms with Crippen LogP contribution in [0, 0.1) is 0 Å². The third kappa shape index (κ3) is 1.86. The van der Waals surface area contributed by atoms with Crippen LogP contribution in [0.5, 0.6) is 11.5 Å². The smallest absolute Gasteiger partial charge is 0.124 e. The van der Waals surface area contributed by atoms with Gasteiger partial charge in [-0.05, 0) is 25.0 Å². The number of methoxy groups -OCH3 is 1. The van der Waals surface area contributed by atoms with Gasteiger partial charge >= 0.3 is 0 Å². The molecule has 4 heteroatoms. The third-order valence-corrected chi connectivity index (χ3v) is 2.89. The number of hydrogen-bond donors (Lipinski definition) is 2. The van der Waals surface area contributed by atoms with Gasteiger partial charge in [-0.1, -0.05) is 0 Å². The van der Waals surface area contributed by atoms with Crippen molar-refractivity contribution in [2.45, 2.75) is 18.9 Å². The summed E-state index contributed by atoms with van der Waals surface area (Å²) in [6.45, 7) is 0.653. The van der Waals surface area contributed by atoms with Crippen LogP contribution in [0.15, 0.2) is 12.1 Å². The third-order valence-electron chi connectivity index (χ3n) is 2.89. The van der Waals surface area contributed by atoms with Crippen LogP contribution >= 0.6 is 0 Å². The van der Waals surface area contributed by atoms with E-state index >= 15 is 0 Å². The standard InChI is InChI=1S/C12H17NO3/c1-15-11-5-4-10-8(3-2-6-16-10)12(11)9(13)7-14/h4-5,9,14H,2-3,6-7,13H2,1H3. The van der Waals surface area contributed by atoms with Crippen molar-refractivity contribution < 1.29 is 14.6 Å². The van der Waals surface area contributed by atoms with Gasteiger partial charge < -0.3 is 20.3 Å². The number of aliphatic hydroxyl groups is 1. The van der Waals surface area contributed by atoms with E-state index in [-0.39, 0.29) is 6.61 Å². The van der Waals surface area contributed by atoms with Gasteiger partial charge in [0, 0.05) is 11.1 Å². The van der Waals surface area contributed by atoms with Crippen molar-refractivity contribution >= 4 is 0 Å². The highest BCUT2D eigenvalue weighted by atomic mass is 16.5. The van der Waals surface area contributed by atoms with E-state index in [1.165, 1.54) is 0 Å². The minimum absolute atomic E-state index is 0.0905. The van der Waals surface area contributed by atoms with Crippen molar-refractivity contribution in [2.75, 3.05) is 20.3 Å². The second kappa shape index (κ2) is 4.72. The van der Waals surface area contributed by atoms with Gasteiger partial charge in [-0.2, -0.15) is 0 Å². The lowest BCUT2D eigenvalue weighted by atomic mass is 9.94. The molecule has 0 saturated heterocycles. The number of nitrogens with two attached hydrogens (primary N) is 1. The fourth-order valence-corrected chi connectivity index (χ4v) is 2.12. The van der Waals surface area contributed by atoms with Crippen molar-refractivity contribution in [1.82, 2.24) is 0 Å². The van der Waals surface area contributed by atoms with Gasteiger partial charge in [-0.3, -0.25) is 0 Å². The first kappa shape index (κ1) is 11.2. The molecule has 88 valence electrons. The minimum Gasteiger partial charge on any atom is -0.496 e. The molecule has 1 aromatic carbocycles. The van der Waals surface area contributed by atoms with E-state index in [4.69, 9.17) is 15.2 Å². The molecule has 4 nitrogen and oxygen atoms in total. The average Bonchev–Trinajstić information content (AvgIpc) is 2.36. The summed E-state index contributed by atoms with van der Waals surface area (Å²) in [5, 5.41) is 9.19. The Morgan fingerprint density at radius 2 is 2.38 bits per heavy atom. The maximum absolute atomic E-state index is 9.19. The first-order chi connectivity index (χ1) is 7.77. The molecule has 0 radical (unpaired) electrons. The Hall–Kier alpha value is -1.26. The quantitative estimate of drug-likeness (QED) is 0.802. The largest absolute Gasteiger partial charge is 0.496 e. The molecule has 0 saturated carbocycles. The van der Waals surface area contributed by atoms with E-state index in [0.29, 0.717) is 0 Å². The zero-order valence-corrected chi connectivity index (χ0v) is 9.40. The number of aliphatic hydroxyl groups excluding tert-OH is 1. The van der Waals surface area contributed by atoms with Crippen molar-refractivity contribution in [3.05, 3.63) is 23.3 Å². The molecule has 0 aromatic heterocycles. The highest BCUT2D eigenvalue weighted by molar-refractivity contribution is 5.51. The number of fused-ring (bicyclic) bond motifs is 1. The zero-order valence-electron chi connectivity index (χ0n) is 9.40. The molecule has 1 heterocycles. The van der Waals surface area contributed by atoms with E-state index in [2.05, 4.69) is 0 Å². The fraction of sp³-hybridized carbons (Fsp3) is 0.500. The Morgan fingerprint density at radius 1 is 1.56 bits per heavy atom. The SMILES string of the molecule is COc1ccc2c(c1C(N)CO)CCCO2. The lowest BCUT2D eigenvalue weighted by Crippen LogP contribution is -2.20. The van der Waals surface area contributed by atoms with Gasteiger partial charge in [0.25, 0.3) is 0 Å². The van der Waals surface area contributed by atoms with Crippen LogP contribution in [0.2, 0.25) is 0 Å². The molecule has 0 bridgehead atoms. The maximum Gasteiger partial charge on any atom is 0.124 e. The van der Waals surface area contributed by atoms with Crippen LogP contribution in [0.25, 0.3) is 0 Å². The summed E-state index contributed by atoms with van der Waals surface area (Å²) in [7, 11) is 1.61. The number of benzene rings is 1. The Balaban J connectivity index is 2.51. The summed E-state index contributed by atoms with van der Waals surface area (Å²) < 4.78 is 10.9. The molecule has 0 spiro atoms. The molecule has 1 aliphatic rings. The van der Waals surface area contributed by atoms with Crippen LogP contribution in [0.4, 0.5) is 0 Å². The first-order valence-corrected chi connectivity index (χ1v) is 5.47. The van der Waals surface area contributed by atoms with Crippen LogP contribution in [-0.2, 0) is 6.42 Å². The van der Waals surface area contributed by atoms with Crippen LogP contribution in [0.3, 0.4) is 0 Å². The van der Waals surface area contributed by atoms with E-state index in [0.717, 1.165) is 42.1 Å². The first-order valence-electron chi connectivity index (χ1n) is 5.47. The molecular formula is C12H17NO3. The summed E-state index contributed by atoms with van der Waals surface area (Å²) in [6, 6.07) is 3.34. The van der Waals surface area contributed by atoms with Gasteiger partial charge in [0.2, 0.25) is 0 Å². The van der Waals surface area contributed by atoms with Gasteiger partial charge in [-0.15, -0.1) is 0 Å². The summed E-state index contributed by atoms with van der Waals surface area (Å²) in [4.78, 5) is 0. The molecule has 1 aliphatic heterocycles. The fourth-order valence-electron chi connectivity index (χ4n) is 2.12. The van der Waals surface area contributed by atoms with E-state index in [1.54, 1.807) is 7.11 Å². The molecule has 0 amide bonds. The van der Waals surface area contributed by atoms with Crippen molar-refractivity contribution in [1.29, 1.82) is 0 Å². The van der Waals surface area contributed by atoms with Crippen molar-refractivity contribution in [3.8, 4) is 11.5 Å². The lowest BCUT2D eigenvalue weighted by molar-refractivity contribution is 0.258. The summed E-state index contributed by atoms with van der Waals surface area (Å²) in [6.07, 6.45) is 1.90. The van der Waals surface area contributed by atoms with Crippen molar-refractivity contribution in [2.24, 2.45) is 5.73 Å². The molecule has 0 fully saturated rings. The molecule has 2 rings (SSSR count). The predicted octanol–water partition coefficient (Wildman–Crippen LogP) is 1.01. The van der Waals surface area contributed by atoms with Crippen molar-refractivity contribution in [3.63, 3.8) is 0 Å². The second-order valence-corrected chi connectivity index (χ2v) is 3.90. The Morgan fingerprint density at radius 3 is 3.06 bits per heavy atom. The number of rotatable bonds is 3. The Bertz CT molecular complexity index is 379. The van der Waals surface area contributed by atoms with Crippen LogP contribution in [0.1, 0.15) is 23.6 Å². The molecule has 1 aromatic rings. The summed E-state index contributed by atoms with van der Waals surface area (Å²) in [5.41, 5.74) is 7.86. The number of ether oxygens (including phenoxy) is 2. The minimum atomic E-state index is -0.411. The maximum atomic E-state index is 9.19. The number of hydrogen-bond acceptors (Lipinski definition) is 4. The zero-order chi connectivity index (χ0) is 11.5. The molecule has 16 heavy (non-hydrogen) atoms. The predicted molar refractivity (Wildman–Crippen MR) is 60.8 cm³/mol.